The number of carbonyl (C=O) groups excluding carboxylic acids is 1. The highest BCUT2D eigenvalue weighted by Crippen LogP contribution is 2.33. The molecule has 0 amide bonds. The average molecular weight is 706 g/mol. The van der Waals surface area contributed by atoms with Gasteiger partial charge in [0.25, 0.3) is 0 Å². The molecule has 1 aliphatic rings. The third-order valence-corrected chi connectivity index (χ3v) is 9.92. The molecule has 1 aliphatic carbocycles. The van der Waals surface area contributed by atoms with Crippen LogP contribution in [-0.4, -0.2) is 40.6 Å². The number of nitrogens with zero attached hydrogens (tertiary/aromatic N) is 1. The van der Waals surface area contributed by atoms with Gasteiger partial charge >= 0.3 is 0 Å². The van der Waals surface area contributed by atoms with Crippen LogP contribution in [0.4, 0.5) is 8.78 Å². The van der Waals surface area contributed by atoms with Crippen molar-refractivity contribution < 1.29 is 18.3 Å². The summed E-state index contributed by atoms with van der Waals surface area (Å²) in [5, 5.41) is 4.07. The zero-order chi connectivity index (χ0) is 36.7. The molecule has 0 saturated carbocycles. The molecule has 48 heavy (non-hydrogen) atoms. The summed E-state index contributed by atoms with van der Waals surface area (Å²) in [4.78, 5) is 15.5. The quantitative estimate of drug-likeness (QED) is 0.0772. The fourth-order valence-corrected chi connectivity index (χ4v) is 6.91. The summed E-state index contributed by atoms with van der Waals surface area (Å²) in [5.41, 5.74) is 8.67. The number of hydrogen-bond acceptors (Lipinski definition) is 5. The molecule has 3 N–H and O–H groups in total. The number of nitrogens with two attached hydrogens (primary N) is 1. The molecule has 1 atom stereocenters. The van der Waals surface area contributed by atoms with Crippen molar-refractivity contribution in [3.05, 3.63) is 80.5 Å². The molecule has 0 radical (unpaired) electrons. The van der Waals surface area contributed by atoms with Crippen molar-refractivity contribution in [2.45, 2.75) is 132 Å². The summed E-state index contributed by atoms with van der Waals surface area (Å²) in [6, 6.07) is 3.36. The van der Waals surface area contributed by atoms with Gasteiger partial charge in [0.1, 0.15) is 17.2 Å². The van der Waals surface area contributed by atoms with Crippen LogP contribution in [0.3, 0.4) is 0 Å². The summed E-state index contributed by atoms with van der Waals surface area (Å²) in [7, 11) is 1.22. The number of Topliss-reactive ketones (excluding diaryl/α,β-unsaturated/α-hetero) is 1. The van der Waals surface area contributed by atoms with Crippen LogP contribution in [0.25, 0.3) is 0 Å². The van der Waals surface area contributed by atoms with Crippen LogP contribution in [-0.2, 0) is 4.74 Å². The largest absolute Gasteiger partial charge is 0.401 e. The SMILES string of the molecule is CC/C(C)=C(\NC1=CCC(C)C=C1)S/C(C(=O)c1c(F)cccc1F)=C(\C)N.CCCCCC(C)(C)N(CCC)C(OC(C)(C)C)=PC. The lowest BCUT2D eigenvalue weighted by Crippen LogP contribution is -2.50. The molecular formula is C39H62F2N3O2PS. The summed E-state index contributed by atoms with van der Waals surface area (Å²) < 4.78 is 34.5. The maximum atomic E-state index is 14.1. The number of hydrogen-bond donors (Lipinski definition) is 2. The van der Waals surface area contributed by atoms with Gasteiger partial charge in [0, 0.05) is 23.5 Å². The lowest BCUT2D eigenvalue weighted by atomic mass is 9.94. The second kappa shape index (κ2) is 21.1. The van der Waals surface area contributed by atoms with E-state index in [1.54, 1.807) is 6.92 Å². The first kappa shape index (κ1) is 43.8. The lowest BCUT2D eigenvalue weighted by molar-refractivity contribution is 0.0665. The Labute approximate surface area is 296 Å². The zero-order valence-electron chi connectivity index (χ0n) is 31.7. The normalized spacial score (nSPS) is 16.5. The van der Waals surface area contributed by atoms with E-state index < -0.39 is 23.0 Å². The van der Waals surface area contributed by atoms with Crippen molar-refractivity contribution >= 4 is 31.4 Å². The van der Waals surface area contributed by atoms with E-state index >= 15 is 0 Å². The van der Waals surface area contributed by atoms with E-state index in [2.05, 4.69) is 84.4 Å². The molecule has 0 spiro atoms. The Hall–Kier alpha value is -2.25. The third kappa shape index (κ3) is 14.7. The molecule has 0 aromatic heterocycles. The van der Waals surface area contributed by atoms with E-state index in [0.717, 1.165) is 71.6 Å². The Morgan fingerprint density at radius 1 is 1.08 bits per heavy atom. The molecule has 1 unspecified atom stereocenters. The Bertz CT molecular complexity index is 1330. The van der Waals surface area contributed by atoms with Crippen molar-refractivity contribution in [3.8, 4) is 0 Å². The average Bonchev–Trinajstić information content (AvgIpc) is 3.00. The number of thioether (sulfide) groups is 1. The molecule has 1 aromatic rings. The third-order valence-electron chi connectivity index (χ3n) is 7.84. The van der Waals surface area contributed by atoms with Crippen LogP contribution in [0, 0.1) is 17.6 Å². The van der Waals surface area contributed by atoms with Crippen molar-refractivity contribution in [1.82, 2.24) is 10.2 Å². The number of benzene rings is 1. The number of nitrogens with one attached hydrogen (secondary N) is 1. The standard InChI is InChI=1S/C22H26F2N2OS.C17H36NOP/c1-5-14(3)22(26-16-11-9-13(2)10-12-16)28-21(15(4)25)20(27)19-17(23)7-6-8-18(19)24;1-9-11-12-13-17(6,7)18(14-10-2)15(20-8)19-16(3,4)5/h6-9,11-13,26H,5,10,25H2,1-4H3;9-14H2,1-8H3/b21-15+,22-14+;. The minimum Gasteiger partial charge on any atom is -0.401 e. The summed E-state index contributed by atoms with van der Waals surface area (Å²) in [6.07, 6.45) is 14.1. The Kier molecular flexibility index (Phi) is 19.2. The van der Waals surface area contributed by atoms with Crippen LogP contribution in [0.1, 0.15) is 131 Å². The van der Waals surface area contributed by atoms with Gasteiger partial charge in [-0.15, -0.1) is 0 Å². The number of allylic oxidation sites excluding steroid dienone is 6. The molecule has 0 fully saturated rings. The maximum Gasteiger partial charge on any atom is 0.207 e. The van der Waals surface area contributed by atoms with E-state index in [4.69, 9.17) is 10.5 Å². The van der Waals surface area contributed by atoms with Gasteiger partial charge in [-0.2, -0.15) is 0 Å². The van der Waals surface area contributed by atoms with E-state index in [1.165, 1.54) is 40.0 Å². The lowest BCUT2D eigenvalue weighted by Gasteiger charge is -2.41. The fraction of sp³-hybridized carbons (Fsp3) is 0.590. The predicted octanol–water partition coefficient (Wildman–Crippen LogP) is 11.3. The molecule has 2 rings (SSSR count). The van der Waals surface area contributed by atoms with Gasteiger partial charge in [-0.05, 0) is 111 Å². The number of ketones is 1. The molecule has 0 aliphatic heterocycles. The van der Waals surface area contributed by atoms with Crippen LogP contribution in [0.2, 0.25) is 0 Å². The minimum atomic E-state index is -0.901. The van der Waals surface area contributed by atoms with E-state index in [0.29, 0.717) is 5.92 Å². The zero-order valence-corrected chi connectivity index (χ0v) is 33.4. The minimum absolute atomic E-state index is 0.105. The highest BCUT2D eigenvalue weighted by Gasteiger charge is 2.31. The number of halogens is 2. The number of carbonyl (C=O) groups is 1. The van der Waals surface area contributed by atoms with Crippen molar-refractivity contribution in [2.24, 2.45) is 11.7 Å². The monoisotopic (exact) mass is 705 g/mol. The first-order valence-corrected chi connectivity index (χ1v) is 19.5. The van der Waals surface area contributed by atoms with Crippen molar-refractivity contribution in [2.75, 3.05) is 13.2 Å². The van der Waals surface area contributed by atoms with Gasteiger partial charge in [-0.3, -0.25) is 4.79 Å². The van der Waals surface area contributed by atoms with Gasteiger partial charge in [0.05, 0.1) is 21.1 Å². The topological polar surface area (TPSA) is 67.6 Å². The molecule has 0 bridgehead atoms. The molecule has 5 nitrogen and oxygen atoms in total. The smallest absolute Gasteiger partial charge is 0.207 e. The summed E-state index contributed by atoms with van der Waals surface area (Å²) >= 11 is 1.11. The molecule has 9 heteroatoms. The second-order valence-corrected chi connectivity index (χ2v) is 15.9. The van der Waals surface area contributed by atoms with Gasteiger partial charge < -0.3 is 15.8 Å². The molecule has 270 valence electrons. The Morgan fingerprint density at radius 2 is 1.71 bits per heavy atom. The highest BCUT2D eigenvalue weighted by molar-refractivity contribution is 8.07. The maximum absolute atomic E-state index is 14.1. The predicted molar refractivity (Wildman–Crippen MR) is 206 cm³/mol. The van der Waals surface area contributed by atoms with Gasteiger partial charge in [-0.1, -0.05) is 85.1 Å². The Balaban J connectivity index is 0.000000511. The molecule has 0 saturated heterocycles. The van der Waals surface area contributed by atoms with Gasteiger partial charge in [-0.25, -0.2) is 13.7 Å². The molecular weight excluding hydrogens is 643 g/mol. The Morgan fingerprint density at radius 3 is 2.17 bits per heavy atom. The van der Waals surface area contributed by atoms with E-state index in [9.17, 15) is 13.6 Å². The number of unbranched alkanes of at least 4 members (excludes halogenated alkanes) is 2. The first-order chi connectivity index (χ1) is 22.4. The van der Waals surface area contributed by atoms with Crippen LogP contribution in [0.5, 0.6) is 0 Å². The highest BCUT2D eigenvalue weighted by atomic mass is 32.2. The van der Waals surface area contributed by atoms with Gasteiger partial charge in [0.2, 0.25) is 5.78 Å². The molecule has 0 heterocycles. The van der Waals surface area contributed by atoms with E-state index in [1.807, 2.05) is 19.9 Å². The van der Waals surface area contributed by atoms with Gasteiger partial charge in [0.15, 0.2) is 0 Å². The second-order valence-electron chi connectivity index (χ2n) is 14.0. The van der Waals surface area contributed by atoms with Crippen LogP contribution >= 0.6 is 20.0 Å². The van der Waals surface area contributed by atoms with Crippen molar-refractivity contribution in [1.29, 1.82) is 0 Å². The summed E-state index contributed by atoms with van der Waals surface area (Å²) in [6.45, 7) is 26.5. The molecule has 1 aromatic carbocycles. The fourth-order valence-electron chi connectivity index (χ4n) is 4.89. The van der Waals surface area contributed by atoms with Crippen LogP contribution < -0.4 is 11.1 Å². The van der Waals surface area contributed by atoms with E-state index in [-0.39, 0.29) is 21.7 Å². The van der Waals surface area contributed by atoms with Crippen molar-refractivity contribution in [3.63, 3.8) is 0 Å². The number of rotatable bonds is 16. The summed E-state index contributed by atoms with van der Waals surface area (Å²) in [5.74, 6) is -2.08. The number of ether oxygens (including phenoxy) is 1. The first-order valence-electron chi connectivity index (χ1n) is 17.3. The van der Waals surface area contributed by atoms with Crippen LogP contribution in [0.15, 0.2) is 63.3 Å².